The zero-order chi connectivity index (χ0) is 23.1. The van der Waals surface area contributed by atoms with Crippen LogP contribution < -0.4 is 15.4 Å². The lowest BCUT2D eigenvalue weighted by atomic mass is 9.96. The van der Waals surface area contributed by atoms with E-state index in [4.69, 9.17) is 26.1 Å². The molecule has 0 aliphatic carbocycles. The Bertz CT molecular complexity index is 1070. The predicted molar refractivity (Wildman–Crippen MR) is 128 cm³/mol. The van der Waals surface area contributed by atoms with E-state index in [2.05, 4.69) is 10.6 Å². The average molecular weight is 474 g/mol. The monoisotopic (exact) mass is 473 g/mol. The summed E-state index contributed by atoms with van der Waals surface area (Å²) < 4.78 is 10.7. The van der Waals surface area contributed by atoms with E-state index in [9.17, 15) is 9.59 Å². The van der Waals surface area contributed by atoms with E-state index in [1.165, 1.54) is 11.8 Å². The minimum Gasteiger partial charge on any atom is -0.496 e. The van der Waals surface area contributed by atoms with Gasteiger partial charge in [0.25, 0.3) is 0 Å². The minimum absolute atomic E-state index is 0.109. The third kappa shape index (κ3) is 5.63. The maximum atomic E-state index is 12.7. The Hall–Kier alpha value is -2.97. The first-order chi connectivity index (χ1) is 15.4. The first-order valence-corrected chi connectivity index (χ1v) is 11.3. The molecule has 7 nitrogen and oxygen atoms in total. The number of hydrogen-bond acceptors (Lipinski definition) is 7. The van der Waals surface area contributed by atoms with Gasteiger partial charge in [-0.2, -0.15) is 0 Å². The third-order valence-corrected chi connectivity index (χ3v) is 5.85. The van der Waals surface area contributed by atoms with Crippen LogP contribution in [0.4, 0.5) is 5.69 Å². The summed E-state index contributed by atoms with van der Waals surface area (Å²) >= 11 is 7.33. The quantitative estimate of drug-likeness (QED) is 0.573. The molecule has 0 unspecified atom stereocenters. The topological polar surface area (TPSA) is 89.0 Å². The number of allylic oxidation sites excluding steroid dienone is 1. The molecule has 1 atom stereocenters. The Morgan fingerprint density at radius 1 is 1.19 bits per heavy atom. The van der Waals surface area contributed by atoms with Crippen molar-refractivity contribution in [2.75, 3.05) is 24.8 Å². The highest BCUT2D eigenvalue weighted by Crippen LogP contribution is 2.37. The van der Waals surface area contributed by atoms with Crippen LogP contribution in [0.5, 0.6) is 5.75 Å². The number of amides is 1. The summed E-state index contributed by atoms with van der Waals surface area (Å²) in [6.45, 7) is 3.79. The van der Waals surface area contributed by atoms with Crippen LogP contribution in [-0.2, 0) is 14.3 Å². The molecular formula is C23H24ClN3O4S. The number of thioether (sulfide) groups is 1. The van der Waals surface area contributed by atoms with Crippen LogP contribution >= 0.6 is 23.4 Å². The number of benzene rings is 2. The zero-order valence-electron chi connectivity index (χ0n) is 18.0. The number of hydrogen-bond donors (Lipinski definition) is 2. The number of esters is 1. The lowest BCUT2D eigenvalue weighted by Crippen LogP contribution is -2.31. The fourth-order valence-electron chi connectivity index (χ4n) is 3.19. The van der Waals surface area contributed by atoms with Crippen molar-refractivity contribution in [2.24, 2.45) is 4.99 Å². The molecule has 0 fully saturated rings. The van der Waals surface area contributed by atoms with Gasteiger partial charge in [0.1, 0.15) is 11.8 Å². The number of nitrogens with one attached hydrogen (secondary N) is 2. The second-order valence-corrected chi connectivity index (χ2v) is 8.15. The molecule has 1 heterocycles. The van der Waals surface area contributed by atoms with Gasteiger partial charge < -0.3 is 20.1 Å². The summed E-state index contributed by atoms with van der Waals surface area (Å²) in [5.74, 6) is 0.0491. The summed E-state index contributed by atoms with van der Waals surface area (Å²) in [7, 11) is 1.57. The SMILES string of the molecule is CCOC(=O)C1=C(C)NC(SCC(=O)Nc2ccccc2Cl)=N[C@@H]1c1ccccc1OC. The molecule has 0 radical (unpaired) electrons. The van der Waals surface area contributed by atoms with Crippen LogP contribution in [0.15, 0.2) is 64.8 Å². The van der Waals surface area contributed by atoms with E-state index in [-0.39, 0.29) is 18.3 Å². The summed E-state index contributed by atoms with van der Waals surface area (Å²) in [6, 6.07) is 13.8. The molecular weight excluding hydrogens is 450 g/mol. The van der Waals surface area contributed by atoms with Crippen LogP contribution in [-0.4, -0.2) is 36.5 Å². The Balaban J connectivity index is 1.82. The van der Waals surface area contributed by atoms with Crippen molar-refractivity contribution in [1.29, 1.82) is 0 Å². The molecule has 9 heteroatoms. The van der Waals surface area contributed by atoms with Crippen LogP contribution in [0.25, 0.3) is 0 Å². The minimum atomic E-state index is -0.624. The lowest BCUT2D eigenvalue weighted by Gasteiger charge is -2.26. The molecule has 1 aliphatic rings. The van der Waals surface area contributed by atoms with E-state index in [1.807, 2.05) is 24.3 Å². The van der Waals surface area contributed by atoms with Gasteiger partial charge in [-0.15, -0.1) is 0 Å². The molecule has 0 bridgehead atoms. The number of anilines is 1. The highest BCUT2D eigenvalue weighted by molar-refractivity contribution is 8.14. The Morgan fingerprint density at radius 3 is 2.62 bits per heavy atom. The van der Waals surface area contributed by atoms with Crippen molar-refractivity contribution in [3.05, 3.63) is 70.4 Å². The van der Waals surface area contributed by atoms with Gasteiger partial charge in [0.05, 0.1) is 35.8 Å². The standard InChI is InChI=1S/C23H24ClN3O4S/c1-4-31-22(29)20-14(2)25-23(27-21(20)15-9-5-8-12-18(15)30-3)32-13-19(28)26-17-11-7-6-10-16(17)24/h5-12,21H,4,13H2,1-3H3,(H,25,27)(H,26,28)/t21-/m1/s1. The van der Waals surface area contributed by atoms with Gasteiger partial charge in [-0.1, -0.05) is 53.7 Å². The van der Waals surface area contributed by atoms with Crippen LogP contribution in [0.3, 0.4) is 0 Å². The number of aliphatic imine (C=N–C) groups is 1. The molecule has 2 aromatic carbocycles. The molecule has 0 saturated heterocycles. The molecule has 2 N–H and O–H groups in total. The lowest BCUT2D eigenvalue weighted by molar-refractivity contribution is -0.139. The van der Waals surface area contributed by atoms with Gasteiger partial charge in [0, 0.05) is 11.3 Å². The van der Waals surface area contributed by atoms with E-state index in [0.29, 0.717) is 32.9 Å². The van der Waals surface area contributed by atoms with Crippen LogP contribution in [0, 0.1) is 0 Å². The van der Waals surface area contributed by atoms with E-state index >= 15 is 0 Å². The van der Waals surface area contributed by atoms with Gasteiger partial charge in [-0.3, -0.25) is 4.79 Å². The maximum absolute atomic E-state index is 12.7. The number of halogens is 1. The normalized spacial score (nSPS) is 15.5. The molecule has 2 aromatic rings. The number of carbonyl (C=O) groups excluding carboxylic acids is 2. The molecule has 168 valence electrons. The second-order valence-electron chi connectivity index (χ2n) is 6.78. The average Bonchev–Trinajstić information content (AvgIpc) is 2.79. The van der Waals surface area contributed by atoms with Gasteiger partial charge in [0.2, 0.25) is 5.91 Å². The van der Waals surface area contributed by atoms with E-state index < -0.39 is 12.0 Å². The van der Waals surface area contributed by atoms with E-state index in [0.717, 1.165) is 5.56 Å². The highest BCUT2D eigenvalue weighted by atomic mass is 35.5. The van der Waals surface area contributed by atoms with Crippen molar-refractivity contribution in [3.63, 3.8) is 0 Å². The summed E-state index contributed by atoms with van der Waals surface area (Å²) in [4.78, 5) is 29.8. The zero-order valence-corrected chi connectivity index (χ0v) is 19.5. The fourth-order valence-corrected chi connectivity index (χ4v) is 4.12. The molecule has 0 saturated carbocycles. The third-order valence-electron chi connectivity index (χ3n) is 4.64. The number of ether oxygens (including phenoxy) is 2. The number of para-hydroxylation sites is 2. The first-order valence-electron chi connectivity index (χ1n) is 9.97. The van der Waals surface area contributed by atoms with Crippen molar-refractivity contribution >= 4 is 46.1 Å². The summed E-state index contributed by atoms with van der Waals surface area (Å²) in [5, 5.41) is 6.88. The summed E-state index contributed by atoms with van der Waals surface area (Å²) in [5.41, 5.74) is 2.30. The number of amidine groups is 1. The van der Waals surface area contributed by atoms with Crippen LogP contribution in [0.2, 0.25) is 5.02 Å². The maximum Gasteiger partial charge on any atom is 0.338 e. The summed E-state index contributed by atoms with van der Waals surface area (Å²) in [6.07, 6.45) is 0. The number of methoxy groups -OCH3 is 1. The number of carbonyl (C=O) groups is 2. The highest BCUT2D eigenvalue weighted by Gasteiger charge is 2.32. The molecule has 0 spiro atoms. The van der Waals surface area contributed by atoms with Gasteiger partial charge >= 0.3 is 5.97 Å². The van der Waals surface area contributed by atoms with Crippen molar-refractivity contribution in [1.82, 2.24) is 5.32 Å². The molecule has 1 amide bonds. The van der Waals surface area contributed by atoms with Gasteiger partial charge in [0.15, 0.2) is 5.17 Å². The molecule has 3 rings (SSSR count). The molecule has 32 heavy (non-hydrogen) atoms. The Labute approximate surface area is 196 Å². The Morgan fingerprint density at radius 2 is 1.91 bits per heavy atom. The number of rotatable bonds is 7. The van der Waals surface area contributed by atoms with Crippen molar-refractivity contribution < 1.29 is 19.1 Å². The second kappa shape index (κ2) is 11.1. The first kappa shape index (κ1) is 23.7. The predicted octanol–water partition coefficient (Wildman–Crippen LogP) is 4.56. The van der Waals surface area contributed by atoms with Crippen molar-refractivity contribution in [3.8, 4) is 5.75 Å². The fraction of sp³-hybridized carbons (Fsp3) is 0.261. The number of nitrogens with zero attached hydrogens (tertiary/aromatic N) is 1. The molecule has 1 aliphatic heterocycles. The van der Waals surface area contributed by atoms with Gasteiger partial charge in [-0.25, -0.2) is 9.79 Å². The Kier molecular flexibility index (Phi) is 8.19. The largest absolute Gasteiger partial charge is 0.496 e. The van der Waals surface area contributed by atoms with Crippen LogP contribution in [0.1, 0.15) is 25.5 Å². The van der Waals surface area contributed by atoms with Gasteiger partial charge in [-0.05, 0) is 32.0 Å². The van der Waals surface area contributed by atoms with E-state index in [1.54, 1.807) is 45.2 Å². The smallest absolute Gasteiger partial charge is 0.338 e. The van der Waals surface area contributed by atoms with Crippen molar-refractivity contribution in [2.45, 2.75) is 19.9 Å². The molecule has 0 aromatic heterocycles.